The largest absolute Gasteiger partial charge is 0.461 e. The number of hydrogen-bond acceptors (Lipinski definition) is 1. The number of hydrogen-bond donors (Lipinski definition) is 0. The van der Waals surface area contributed by atoms with Gasteiger partial charge in [0.25, 0.3) is 0 Å². The molecule has 0 aromatic carbocycles. The predicted molar refractivity (Wildman–Crippen MR) is 46.1 cm³/mol. The van der Waals surface area contributed by atoms with Crippen LogP contribution < -0.4 is 0 Å². The van der Waals surface area contributed by atoms with Gasteiger partial charge in [-0.25, -0.2) is 0 Å². The Labute approximate surface area is 61.3 Å². The minimum Gasteiger partial charge on any atom is -0.461 e. The van der Waals surface area contributed by atoms with Crippen LogP contribution in [0.3, 0.4) is 0 Å². The van der Waals surface area contributed by atoms with Gasteiger partial charge in [0.05, 0.1) is 0 Å². The van der Waals surface area contributed by atoms with E-state index < -0.39 is 8.32 Å². The SMILES string of the molecule is C[SiH2]O[Si](C)(C)C.Cl. The molecular formula is C4H15ClOSi2. The van der Waals surface area contributed by atoms with Crippen molar-refractivity contribution in [1.82, 2.24) is 0 Å². The molecule has 0 aromatic heterocycles. The standard InChI is InChI=1S/C4H14OSi2.ClH/c1-6-5-7(2,3)4;/h6H2,1-4H3;1H. The first kappa shape index (κ1) is 11.5. The minimum atomic E-state index is -1.10. The molecule has 0 heterocycles. The van der Waals surface area contributed by atoms with Gasteiger partial charge in [-0.05, 0) is 19.6 Å². The second-order valence-corrected chi connectivity index (χ2v) is 8.50. The first-order chi connectivity index (χ1) is 3.06. The van der Waals surface area contributed by atoms with Crippen molar-refractivity contribution in [1.29, 1.82) is 0 Å². The molecule has 1 nitrogen and oxygen atoms in total. The topological polar surface area (TPSA) is 9.23 Å². The van der Waals surface area contributed by atoms with Crippen LogP contribution >= 0.6 is 12.4 Å². The van der Waals surface area contributed by atoms with Crippen molar-refractivity contribution in [3.63, 3.8) is 0 Å². The van der Waals surface area contributed by atoms with Crippen LogP contribution in [0.4, 0.5) is 0 Å². The van der Waals surface area contributed by atoms with Gasteiger partial charge in [0.1, 0.15) is 9.76 Å². The van der Waals surface area contributed by atoms with Crippen molar-refractivity contribution in [2.75, 3.05) is 0 Å². The molecule has 0 spiro atoms. The van der Waals surface area contributed by atoms with Crippen molar-refractivity contribution in [2.45, 2.75) is 26.2 Å². The van der Waals surface area contributed by atoms with E-state index in [4.69, 9.17) is 4.12 Å². The van der Waals surface area contributed by atoms with Gasteiger partial charge in [-0.3, -0.25) is 0 Å². The fraction of sp³-hybridized carbons (Fsp3) is 1.00. The summed E-state index contributed by atoms with van der Waals surface area (Å²) >= 11 is 0. The lowest BCUT2D eigenvalue weighted by Gasteiger charge is -2.14. The second-order valence-electron chi connectivity index (χ2n) is 2.55. The number of halogens is 1. The smallest absolute Gasteiger partial charge is 0.169 e. The number of rotatable bonds is 2. The third-order valence-electron chi connectivity index (χ3n) is 0.577. The molecule has 0 unspecified atom stereocenters. The molecule has 0 aliphatic heterocycles. The zero-order chi connectivity index (χ0) is 5.91. The van der Waals surface area contributed by atoms with Crippen LogP contribution in [-0.4, -0.2) is 18.1 Å². The molecule has 0 bridgehead atoms. The summed E-state index contributed by atoms with van der Waals surface area (Å²) in [6.45, 7) is 8.86. The normalized spacial score (nSPS) is 12.0. The van der Waals surface area contributed by atoms with Gasteiger partial charge in [0.2, 0.25) is 0 Å². The van der Waals surface area contributed by atoms with E-state index in [1.54, 1.807) is 0 Å². The van der Waals surface area contributed by atoms with Gasteiger partial charge in [0, 0.05) is 0 Å². The van der Waals surface area contributed by atoms with E-state index in [-0.39, 0.29) is 22.2 Å². The summed E-state index contributed by atoms with van der Waals surface area (Å²) in [5, 5.41) is 0. The van der Waals surface area contributed by atoms with Gasteiger partial charge < -0.3 is 4.12 Å². The van der Waals surface area contributed by atoms with Crippen molar-refractivity contribution < 1.29 is 4.12 Å². The molecule has 0 rings (SSSR count). The maximum absolute atomic E-state index is 5.51. The van der Waals surface area contributed by atoms with Gasteiger partial charge in [0.15, 0.2) is 8.32 Å². The molecule has 0 atom stereocenters. The Bertz CT molecular complexity index is 52.5. The highest BCUT2D eigenvalue weighted by Gasteiger charge is 2.10. The van der Waals surface area contributed by atoms with Crippen molar-refractivity contribution in [3.8, 4) is 0 Å². The molecule has 0 N–H and O–H groups in total. The maximum atomic E-state index is 5.51. The van der Waals surface area contributed by atoms with Crippen molar-refractivity contribution >= 4 is 30.5 Å². The summed E-state index contributed by atoms with van der Waals surface area (Å²) in [4.78, 5) is 0. The Morgan fingerprint density at radius 3 is 1.62 bits per heavy atom. The minimum absolute atomic E-state index is 0. The molecule has 8 heavy (non-hydrogen) atoms. The Kier molecular flexibility index (Phi) is 6.53. The monoisotopic (exact) mass is 170 g/mol. The zero-order valence-electron chi connectivity index (χ0n) is 6.02. The van der Waals surface area contributed by atoms with Gasteiger partial charge >= 0.3 is 0 Å². The summed E-state index contributed by atoms with van der Waals surface area (Å²) < 4.78 is 5.51. The zero-order valence-corrected chi connectivity index (χ0v) is 9.25. The summed E-state index contributed by atoms with van der Waals surface area (Å²) in [6, 6.07) is 0. The highest BCUT2D eigenvalue weighted by Crippen LogP contribution is 1.99. The molecule has 0 amide bonds. The maximum Gasteiger partial charge on any atom is 0.169 e. The molecule has 52 valence electrons. The molecule has 0 aromatic rings. The lowest BCUT2D eigenvalue weighted by atomic mass is 11.8. The fourth-order valence-corrected chi connectivity index (χ4v) is 3.90. The lowest BCUT2D eigenvalue weighted by Crippen LogP contribution is -2.26. The van der Waals surface area contributed by atoms with Crippen LogP contribution in [-0.2, 0) is 4.12 Å². The Morgan fingerprint density at radius 2 is 1.62 bits per heavy atom. The summed E-state index contributed by atoms with van der Waals surface area (Å²) in [7, 11) is -1.22. The van der Waals surface area contributed by atoms with E-state index in [9.17, 15) is 0 Å². The van der Waals surface area contributed by atoms with Crippen LogP contribution in [0.2, 0.25) is 26.2 Å². The van der Waals surface area contributed by atoms with Crippen LogP contribution in [0, 0.1) is 0 Å². The average molecular weight is 171 g/mol. The Hall–Kier alpha value is 0.684. The van der Waals surface area contributed by atoms with E-state index in [0.717, 1.165) is 0 Å². The van der Waals surface area contributed by atoms with Crippen LogP contribution in [0.1, 0.15) is 0 Å². The summed E-state index contributed by atoms with van der Waals surface area (Å²) in [5.74, 6) is 0. The molecule has 0 saturated carbocycles. The van der Waals surface area contributed by atoms with Crippen LogP contribution in [0.25, 0.3) is 0 Å². The third-order valence-corrected chi connectivity index (χ3v) is 5.20. The highest BCUT2D eigenvalue weighted by atomic mass is 35.5. The predicted octanol–water partition coefficient (Wildman–Crippen LogP) is 1.39. The first-order valence-electron chi connectivity index (χ1n) is 2.70. The van der Waals surface area contributed by atoms with Crippen molar-refractivity contribution in [2.24, 2.45) is 0 Å². The molecule has 0 aliphatic rings. The lowest BCUT2D eigenvalue weighted by molar-refractivity contribution is 0.603. The molecule has 0 saturated heterocycles. The molecule has 0 radical (unpaired) electrons. The second kappa shape index (κ2) is 4.55. The molecular weight excluding hydrogens is 156 g/mol. The third kappa shape index (κ3) is 9.84. The van der Waals surface area contributed by atoms with E-state index in [2.05, 4.69) is 26.2 Å². The quantitative estimate of drug-likeness (QED) is 0.570. The van der Waals surface area contributed by atoms with Crippen LogP contribution in [0.5, 0.6) is 0 Å². The average Bonchev–Trinajstić information content (AvgIpc) is 1.30. The van der Waals surface area contributed by atoms with E-state index in [1.165, 1.54) is 0 Å². The summed E-state index contributed by atoms with van der Waals surface area (Å²) in [6.07, 6.45) is 0. The molecule has 0 fully saturated rings. The van der Waals surface area contributed by atoms with Gasteiger partial charge in [-0.1, -0.05) is 6.55 Å². The van der Waals surface area contributed by atoms with Gasteiger partial charge in [-0.2, -0.15) is 0 Å². The Morgan fingerprint density at radius 1 is 1.25 bits per heavy atom. The Balaban J connectivity index is 0. The van der Waals surface area contributed by atoms with E-state index in [1.807, 2.05) is 0 Å². The fourth-order valence-electron chi connectivity index (χ4n) is 0.433. The first-order valence-corrected chi connectivity index (χ1v) is 8.10. The van der Waals surface area contributed by atoms with E-state index >= 15 is 0 Å². The summed E-state index contributed by atoms with van der Waals surface area (Å²) in [5.41, 5.74) is 0. The highest BCUT2D eigenvalue weighted by molar-refractivity contribution is 6.73. The molecule has 4 heteroatoms. The molecule has 0 aliphatic carbocycles. The van der Waals surface area contributed by atoms with Gasteiger partial charge in [-0.15, -0.1) is 12.4 Å². The van der Waals surface area contributed by atoms with Crippen LogP contribution in [0.15, 0.2) is 0 Å². The van der Waals surface area contributed by atoms with E-state index in [0.29, 0.717) is 0 Å². The van der Waals surface area contributed by atoms with Crippen molar-refractivity contribution in [3.05, 3.63) is 0 Å².